The number of nitrogens with one attached hydrogen (secondary N) is 1. The number of ether oxygens (including phenoxy) is 2. The van der Waals surface area contributed by atoms with E-state index in [1.165, 1.54) is 4.90 Å². The Morgan fingerprint density at radius 3 is 2.53 bits per heavy atom. The minimum Gasteiger partial charge on any atom is -0.497 e. The van der Waals surface area contributed by atoms with Gasteiger partial charge in [-0.1, -0.05) is 6.92 Å². The zero-order chi connectivity index (χ0) is 24.8. The smallest absolute Gasteiger partial charge is 0.264 e. The maximum atomic E-state index is 15.4. The Morgan fingerprint density at radius 2 is 1.94 bits per heavy atom. The number of hydrogen-bond acceptors (Lipinski definition) is 5. The number of anilines is 2. The fraction of sp³-hybridized carbons (Fsp3) is 0.440. The van der Waals surface area contributed by atoms with E-state index in [0.717, 1.165) is 0 Å². The largest absolute Gasteiger partial charge is 0.497 e. The van der Waals surface area contributed by atoms with E-state index in [4.69, 9.17) is 9.47 Å². The van der Waals surface area contributed by atoms with Crippen LogP contribution in [0.4, 0.5) is 15.5 Å². The molecule has 9 heteroatoms. The summed E-state index contributed by atoms with van der Waals surface area (Å²) in [6, 6.07) is 12.0. The van der Waals surface area contributed by atoms with Crippen molar-refractivity contribution in [2.75, 3.05) is 31.0 Å². The lowest BCUT2D eigenvalue weighted by Gasteiger charge is -2.31. The van der Waals surface area contributed by atoms with Gasteiger partial charge in [-0.25, -0.2) is 0 Å². The zero-order valence-electron chi connectivity index (χ0n) is 20.1. The van der Waals surface area contributed by atoms with E-state index in [9.17, 15) is 14.7 Å². The number of nitrogens with zero attached hydrogens (tertiary/aromatic N) is 1. The van der Waals surface area contributed by atoms with Crippen molar-refractivity contribution in [3.05, 3.63) is 53.6 Å². The van der Waals surface area contributed by atoms with E-state index < -0.39 is 31.6 Å². The number of halogens is 1. The van der Waals surface area contributed by atoms with E-state index in [2.05, 4.69) is 5.32 Å². The molecule has 2 heterocycles. The minimum atomic E-state index is -3.23. The van der Waals surface area contributed by atoms with Gasteiger partial charge in [0.25, 0.3) is 11.8 Å². The highest BCUT2D eigenvalue weighted by Gasteiger charge is 2.66. The van der Waals surface area contributed by atoms with E-state index in [1.54, 1.807) is 69.7 Å². The van der Waals surface area contributed by atoms with Crippen LogP contribution in [0.5, 0.6) is 5.75 Å². The molecule has 2 aromatic carbocycles. The molecule has 0 aromatic heterocycles. The van der Waals surface area contributed by atoms with Crippen molar-refractivity contribution < 1.29 is 28.3 Å². The van der Waals surface area contributed by atoms with Crippen LogP contribution in [0.2, 0.25) is 18.6 Å². The first-order valence-corrected chi connectivity index (χ1v) is 14.4. The first-order valence-electron chi connectivity index (χ1n) is 11.4. The molecule has 2 aromatic rings. The summed E-state index contributed by atoms with van der Waals surface area (Å²) in [6.07, 6.45) is -0.301. The molecular weight excluding hydrogens is 455 g/mol. The topological polar surface area (TPSA) is 88.1 Å². The SMILES string of the molecule is COc1ccc(C(=O)Nc2ccc3c(c2)[C@]2(O[C@@H](CCO)[C@H]([Si](C)(C)F)[C@H]2C)C(=O)N3C)cc1. The fourth-order valence-corrected chi connectivity index (χ4v) is 8.12. The molecule has 2 N–H and O–H groups in total. The summed E-state index contributed by atoms with van der Waals surface area (Å²) in [5.74, 6) is -0.337. The van der Waals surface area contributed by atoms with Crippen molar-refractivity contribution in [2.45, 2.75) is 43.7 Å². The number of carbonyl (C=O) groups is 2. The lowest BCUT2D eigenvalue weighted by molar-refractivity contribution is -0.145. The van der Waals surface area contributed by atoms with Crippen LogP contribution in [-0.2, 0) is 15.1 Å². The highest BCUT2D eigenvalue weighted by Crippen LogP contribution is 2.60. The van der Waals surface area contributed by atoms with Crippen LogP contribution in [0.25, 0.3) is 0 Å². The summed E-state index contributed by atoms with van der Waals surface area (Å²) in [7, 11) is -0.000412. The standard InChI is InChI=1S/C25H31FN2O5Si/c1-15-22(34(4,5)26)21(12-13-29)33-25(15)19-14-17(8-11-20(19)28(2)24(25)31)27-23(30)16-6-9-18(32-3)10-7-16/h6-11,14-15,21-22,29H,12-13H2,1-5H3,(H,27,30)/t15-,21+,22-,25+/m1/s1. The molecule has 0 unspecified atom stereocenters. The van der Waals surface area contributed by atoms with Crippen LogP contribution < -0.4 is 15.0 Å². The van der Waals surface area contributed by atoms with Crippen LogP contribution in [0.15, 0.2) is 42.5 Å². The van der Waals surface area contributed by atoms with Gasteiger partial charge in [-0.15, -0.1) is 0 Å². The van der Waals surface area contributed by atoms with Gasteiger partial charge in [-0.2, -0.15) is 0 Å². The van der Waals surface area contributed by atoms with E-state index in [-0.39, 0.29) is 24.8 Å². The molecule has 2 amide bonds. The molecule has 1 fully saturated rings. The number of aliphatic hydroxyl groups is 1. The zero-order valence-corrected chi connectivity index (χ0v) is 21.1. The van der Waals surface area contributed by atoms with Gasteiger partial charge in [0.05, 0.1) is 18.9 Å². The number of rotatable bonds is 6. The number of likely N-dealkylation sites (N-methyl/N-ethyl adjacent to an activating group) is 1. The van der Waals surface area contributed by atoms with Crippen molar-refractivity contribution in [3.63, 3.8) is 0 Å². The van der Waals surface area contributed by atoms with Gasteiger partial charge in [0, 0.05) is 41.9 Å². The Hall–Kier alpha value is -2.75. The molecule has 1 spiro atoms. The molecular formula is C25H31FN2O5Si. The molecule has 0 aliphatic carbocycles. The third-order valence-electron chi connectivity index (χ3n) is 7.11. The van der Waals surface area contributed by atoms with Gasteiger partial charge in [-0.3, -0.25) is 9.59 Å². The third kappa shape index (κ3) is 3.81. The highest BCUT2D eigenvalue weighted by molar-refractivity contribution is 6.72. The average Bonchev–Trinajstić information content (AvgIpc) is 3.21. The number of methoxy groups -OCH3 is 1. The Labute approximate surface area is 200 Å². The van der Waals surface area contributed by atoms with Crippen molar-refractivity contribution in [3.8, 4) is 5.75 Å². The number of benzene rings is 2. The Kier molecular flexibility index (Phi) is 6.30. The summed E-state index contributed by atoms with van der Waals surface area (Å²) < 4.78 is 27.0. The van der Waals surface area contributed by atoms with Crippen LogP contribution in [0, 0.1) is 5.92 Å². The molecule has 2 aliphatic heterocycles. The molecule has 1 saturated heterocycles. The predicted octanol–water partition coefficient (Wildman–Crippen LogP) is 4.08. The molecule has 4 rings (SSSR count). The summed E-state index contributed by atoms with van der Waals surface area (Å²) in [5.41, 5.74) is 0.441. The summed E-state index contributed by atoms with van der Waals surface area (Å²) >= 11 is 0. The fourth-order valence-electron chi connectivity index (χ4n) is 5.57. The predicted molar refractivity (Wildman–Crippen MR) is 131 cm³/mol. The molecule has 182 valence electrons. The quantitative estimate of drug-likeness (QED) is 0.475. The van der Waals surface area contributed by atoms with Gasteiger partial charge in [0.2, 0.25) is 8.41 Å². The van der Waals surface area contributed by atoms with Crippen molar-refractivity contribution in [2.24, 2.45) is 5.92 Å². The monoisotopic (exact) mass is 486 g/mol. The average molecular weight is 487 g/mol. The van der Waals surface area contributed by atoms with E-state index in [1.807, 2.05) is 6.92 Å². The molecule has 4 atom stereocenters. The summed E-state index contributed by atoms with van der Waals surface area (Å²) in [5, 5.41) is 12.5. The lowest BCUT2D eigenvalue weighted by atomic mass is 9.82. The second-order valence-electron chi connectivity index (χ2n) is 9.56. The molecule has 0 radical (unpaired) electrons. The number of hydrogen-bond donors (Lipinski definition) is 2. The van der Waals surface area contributed by atoms with Gasteiger partial charge >= 0.3 is 0 Å². The number of fused-ring (bicyclic) bond motifs is 2. The van der Waals surface area contributed by atoms with Gasteiger partial charge in [-0.05, 0) is 62.0 Å². The first-order chi connectivity index (χ1) is 16.0. The third-order valence-corrected chi connectivity index (χ3v) is 9.57. The van der Waals surface area contributed by atoms with Crippen LogP contribution in [0.1, 0.15) is 29.3 Å². The van der Waals surface area contributed by atoms with Gasteiger partial charge in [0.1, 0.15) is 5.75 Å². The van der Waals surface area contributed by atoms with Crippen molar-refractivity contribution >= 4 is 31.6 Å². The first kappa shape index (κ1) is 24.4. The van der Waals surface area contributed by atoms with Crippen molar-refractivity contribution in [1.82, 2.24) is 0 Å². The Morgan fingerprint density at radius 1 is 1.26 bits per heavy atom. The minimum absolute atomic E-state index is 0.150. The Bertz CT molecular complexity index is 1100. The Balaban J connectivity index is 1.71. The van der Waals surface area contributed by atoms with Crippen molar-refractivity contribution in [1.29, 1.82) is 0 Å². The normalized spacial score (nSPS) is 26.1. The molecule has 2 aliphatic rings. The molecule has 34 heavy (non-hydrogen) atoms. The molecule has 0 bridgehead atoms. The number of aliphatic hydroxyl groups excluding tert-OH is 1. The van der Waals surface area contributed by atoms with Crippen LogP contribution in [-0.4, -0.2) is 52.2 Å². The maximum absolute atomic E-state index is 15.4. The molecule has 0 saturated carbocycles. The van der Waals surface area contributed by atoms with E-state index >= 15 is 4.11 Å². The van der Waals surface area contributed by atoms with Gasteiger partial charge < -0.3 is 28.9 Å². The van der Waals surface area contributed by atoms with Crippen LogP contribution >= 0.6 is 0 Å². The number of amides is 2. The van der Waals surface area contributed by atoms with Crippen LogP contribution in [0.3, 0.4) is 0 Å². The lowest BCUT2D eigenvalue weighted by Crippen LogP contribution is -2.44. The summed E-state index contributed by atoms with van der Waals surface area (Å²) in [4.78, 5) is 27.9. The second kappa shape index (κ2) is 8.79. The molecule has 7 nitrogen and oxygen atoms in total. The van der Waals surface area contributed by atoms with E-state index in [0.29, 0.717) is 28.3 Å². The summed E-state index contributed by atoms with van der Waals surface area (Å²) in [6.45, 7) is 4.95. The number of carbonyl (C=O) groups excluding carboxylic acids is 2. The van der Waals surface area contributed by atoms with Gasteiger partial charge in [0.15, 0.2) is 5.60 Å². The highest BCUT2D eigenvalue weighted by atomic mass is 28.4. The maximum Gasteiger partial charge on any atom is 0.264 e. The second-order valence-corrected chi connectivity index (χ2v) is 13.4.